The van der Waals surface area contributed by atoms with Crippen LogP contribution in [0.2, 0.25) is 0 Å². The van der Waals surface area contributed by atoms with Gasteiger partial charge in [0, 0.05) is 0 Å². The van der Waals surface area contributed by atoms with Gasteiger partial charge in [-0.3, -0.25) is 4.79 Å². The Balaban J connectivity index is 2.67. The maximum absolute atomic E-state index is 11.4. The van der Waals surface area contributed by atoms with E-state index < -0.39 is 0 Å². The Kier molecular flexibility index (Phi) is 3.48. The van der Waals surface area contributed by atoms with Gasteiger partial charge in [-0.05, 0) is 38.6 Å². The molecule has 0 heterocycles. The molecule has 0 aliphatic heterocycles. The summed E-state index contributed by atoms with van der Waals surface area (Å²) in [4.78, 5) is 11.4. The SMILES string of the molecule is [CH2]C1(C(NCC)C(C)=O)CCCC1. The van der Waals surface area contributed by atoms with Crippen molar-refractivity contribution in [3.63, 3.8) is 0 Å². The summed E-state index contributed by atoms with van der Waals surface area (Å²) >= 11 is 0. The van der Waals surface area contributed by atoms with Gasteiger partial charge in [-0.1, -0.05) is 19.8 Å². The second-order valence-corrected chi connectivity index (χ2v) is 4.17. The molecule has 1 atom stereocenters. The highest BCUT2D eigenvalue weighted by Crippen LogP contribution is 2.40. The third-order valence-electron chi connectivity index (χ3n) is 3.03. The standard InChI is InChI=1S/C11H20NO/c1-4-12-10(9(2)13)11(3)7-5-6-8-11/h10,12H,3-8H2,1-2H3. The number of likely N-dealkylation sites (N-methyl/N-ethyl adjacent to an activating group) is 1. The average molecular weight is 182 g/mol. The van der Waals surface area contributed by atoms with Crippen LogP contribution in [0.1, 0.15) is 39.5 Å². The van der Waals surface area contributed by atoms with E-state index in [-0.39, 0.29) is 17.2 Å². The van der Waals surface area contributed by atoms with Gasteiger partial charge in [0.15, 0.2) is 0 Å². The van der Waals surface area contributed by atoms with Crippen LogP contribution in [0.4, 0.5) is 0 Å². The molecule has 75 valence electrons. The summed E-state index contributed by atoms with van der Waals surface area (Å²) in [5.41, 5.74) is -0.0259. The summed E-state index contributed by atoms with van der Waals surface area (Å²) in [6, 6.07) is -0.0278. The molecule has 2 heteroatoms. The lowest BCUT2D eigenvalue weighted by Gasteiger charge is -2.32. The Bertz CT molecular complexity index is 183. The molecular formula is C11H20NO. The predicted octanol–water partition coefficient (Wildman–Crippen LogP) is 1.95. The minimum absolute atomic E-state index is 0.0259. The number of hydrogen-bond acceptors (Lipinski definition) is 2. The summed E-state index contributed by atoms with van der Waals surface area (Å²) in [7, 11) is 0. The minimum Gasteiger partial charge on any atom is -0.307 e. The van der Waals surface area contributed by atoms with E-state index in [4.69, 9.17) is 0 Å². The van der Waals surface area contributed by atoms with Crippen LogP contribution in [0, 0.1) is 12.3 Å². The molecule has 2 nitrogen and oxygen atoms in total. The van der Waals surface area contributed by atoms with Crippen LogP contribution in [-0.4, -0.2) is 18.4 Å². The number of Topliss-reactive ketones (excluding diaryl/α,β-unsaturated/α-hetero) is 1. The van der Waals surface area contributed by atoms with Crippen LogP contribution in [0.15, 0.2) is 0 Å². The first-order valence-corrected chi connectivity index (χ1v) is 5.19. The summed E-state index contributed by atoms with van der Waals surface area (Å²) in [6.07, 6.45) is 4.62. The number of carbonyl (C=O) groups is 1. The average Bonchev–Trinajstić information content (AvgIpc) is 2.48. The lowest BCUT2D eigenvalue weighted by Crippen LogP contribution is -2.47. The van der Waals surface area contributed by atoms with E-state index in [1.807, 2.05) is 6.92 Å². The Morgan fingerprint density at radius 2 is 2.08 bits per heavy atom. The molecule has 0 saturated heterocycles. The molecule has 1 unspecified atom stereocenters. The van der Waals surface area contributed by atoms with Crippen molar-refractivity contribution in [2.45, 2.75) is 45.6 Å². The van der Waals surface area contributed by atoms with E-state index in [9.17, 15) is 4.79 Å². The fraction of sp³-hybridized carbons (Fsp3) is 0.818. The van der Waals surface area contributed by atoms with Crippen LogP contribution in [0.5, 0.6) is 0 Å². The zero-order valence-electron chi connectivity index (χ0n) is 8.73. The smallest absolute Gasteiger partial charge is 0.147 e. The monoisotopic (exact) mass is 182 g/mol. The Morgan fingerprint density at radius 1 is 1.54 bits per heavy atom. The highest BCUT2D eigenvalue weighted by molar-refractivity contribution is 5.82. The van der Waals surface area contributed by atoms with E-state index in [0.29, 0.717) is 0 Å². The van der Waals surface area contributed by atoms with Crippen molar-refractivity contribution in [1.82, 2.24) is 5.32 Å². The van der Waals surface area contributed by atoms with Crippen LogP contribution in [-0.2, 0) is 4.79 Å². The molecule has 1 saturated carbocycles. The van der Waals surface area contributed by atoms with Crippen molar-refractivity contribution in [2.75, 3.05) is 6.54 Å². The van der Waals surface area contributed by atoms with Crippen LogP contribution in [0.3, 0.4) is 0 Å². The Hall–Kier alpha value is -0.370. The highest BCUT2D eigenvalue weighted by atomic mass is 16.1. The van der Waals surface area contributed by atoms with E-state index in [1.165, 1.54) is 12.8 Å². The minimum atomic E-state index is -0.0278. The molecule has 0 amide bonds. The number of hydrogen-bond donors (Lipinski definition) is 1. The van der Waals surface area contributed by atoms with Crippen LogP contribution >= 0.6 is 0 Å². The second-order valence-electron chi connectivity index (χ2n) is 4.17. The van der Waals surface area contributed by atoms with Gasteiger partial charge in [0.25, 0.3) is 0 Å². The van der Waals surface area contributed by atoms with Gasteiger partial charge in [-0.15, -0.1) is 0 Å². The molecule has 0 aromatic heterocycles. The summed E-state index contributed by atoms with van der Waals surface area (Å²) in [5, 5.41) is 3.25. The first kappa shape index (κ1) is 10.7. The molecule has 1 N–H and O–H groups in total. The fourth-order valence-electron chi connectivity index (χ4n) is 2.36. The molecule has 1 aliphatic carbocycles. The van der Waals surface area contributed by atoms with Gasteiger partial charge in [-0.25, -0.2) is 0 Å². The number of ketones is 1. The van der Waals surface area contributed by atoms with Crippen molar-refractivity contribution >= 4 is 5.78 Å². The molecule has 1 fully saturated rings. The van der Waals surface area contributed by atoms with E-state index in [2.05, 4.69) is 12.2 Å². The largest absolute Gasteiger partial charge is 0.307 e. The summed E-state index contributed by atoms with van der Waals surface area (Å²) < 4.78 is 0. The first-order valence-electron chi connectivity index (χ1n) is 5.19. The third-order valence-corrected chi connectivity index (χ3v) is 3.03. The van der Waals surface area contributed by atoms with Gasteiger partial charge >= 0.3 is 0 Å². The van der Waals surface area contributed by atoms with Crippen molar-refractivity contribution in [3.8, 4) is 0 Å². The van der Waals surface area contributed by atoms with Crippen LogP contribution in [0.25, 0.3) is 0 Å². The molecule has 0 aromatic carbocycles. The van der Waals surface area contributed by atoms with Crippen LogP contribution < -0.4 is 5.32 Å². The topological polar surface area (TPSA) is 29.1 Å². The fourth-order valence-corrected chi connectivity index (χ4v) is 2.36. The predicted molar refractivity (Wildman–Crippen MR) is 54.4 cm³/mol. The molecule has 1 aliphatic rings. The number of rotatable bonds is 4. The maximum Gasteiger partial charge on any atom is 0.147 e. The lowest BCUT2D eigenvalue weighted by atomic mass is 9.79. The molecule has 13 heavy (non-hydrogen) atoms. The quantitative estimate of drug-likeness (QED) is 0.720. The summed E-state index contributed by atoms with van der Waals surface area (Å²) in [5.74, 6) is 0.235. The Labute approximate surface area is 81.1 Å². The highest BCUT2D eigenvalue weighted by Gasteiger charge is 2.38. The van der Waals surface area contributed by atoms with Crippen molar-refractivity contribution in [1.29, 1.82) is 0 Å². The molecular weight excluding hydrogens is 162 g/mol. The van der Waals surface area contributed by atoms with Gasteiger partial charge in [0.1, 0.15) is 5.78 Å². The first-order chi connectivity index (χ1) is 6.10. The van der Waals surface area contributed by atoms with Gasteiger partial charge < -0.3 is 5.32 Å². The van der Waals surface area contributed by atoms with E-state index >= 15 is 0 Å². The van der Waals surface area contributed by atoms with Crippen molar-refractivity contribution in [2.24, 2.45) is 5.41 Å². The van der Waals surface area contributed by atoms with Crippen molar-refractivity contribution < 1.29 is 4.79 Å². The molecule has 0 spiro atoms. The van der Waals surface area contributed by atoms with Gasteiger partial charge in [0.2, 0.25) is 0 Å². The van der Waals surface area contributed by atoms with Crippen molar-refractivity contribution in [3.05, 3.63) is 6.92 Å². The maximum atomic E-state index is 11.4. The zero-order valence-corrected chi connectivity index (χ0v) is 8.73. The normalized spacial score (nSPS) is 23.0. The molecule has 1 radical (unpaired) electrons. The number of carbonyl (C=O) groups excluding carboxylic acids is 1. The van der Waals surface area contributed by atoms with E-state index in [1.54, 1.807) is 6.92 Å². The van der Waals surface area contributed by atoms with Gasteiger partial charge in [0.05, 0.1) is 6.04 Å². The van der Waals surface area contributed by atoms with Gasteiger partial charge in [-0.2, -0.15) is 0 Å². The Morgan fingerprint density at radius 3 is 2.46 bits per heavy atom. The summed E-state index contributed by atoms with van der Waals surface area (Å²) in [6.45, 7) is 8.78. The molecule has 0 bridgehead atoms. The lowest BCUT2D eigenvalue weighted by molar-refractivity contribution is -0.121. The van der Waals surface area contributed by atoms with E-state index in [0.717, 1.165) is 19.4 Å². The molecule has 1 rings (SSSR count). The molecule has 0 aromatic rings. The third kappa shape index (κ3) is 2.31. The zero-order chi connectivity index (χ0) is 9.90. The second kappa shape index (κ2) is 4.23. The number of nitrogens with one attached hydrogen (secondary N) is 1.